The standard InChI is InChI=1S/C9H21N3O3S/c1-9(2,15-3)8-11-16(13,14)12-6-4-10-5-7-12/h10-11H,4-8H2,1-3H3. The molecule has 16 heavy (non-hydrogen) atoms. The predicted molar refractivity (Wildman–Crippen MR) is 62.5 cm³/mol. The van der Waals surface area contributed by atoms with Crippen LogP contribution in [0.15, 0.2) is 0 Å². The van der Waals surface area contributed by atoms with Crippen LogP contribution < -0.4 is 10.0 Å². The second-order valence-corrected chi connectivity index (χ2v) is 6.19. The number of nitrogens with one attached hydrogen (secondary N) is 2. The predicted octanol–water partition coefficient (Wildman–Crippen LogP) is -0.849. The first-order chi connectivity index (χ1) is 7.37. The fraction of sp³-hybridized carbons (Fsp3) is 1.00. The number of methoxy groups -OCH3 is 1. The fourth-order valence-electron chi connectivity index (χ4n) is 1.31. The zero-order valence-corrected chi connectivity index (χ0v) is 10.9. The van der Waals surface area contributed by atoms with Crippen molar-refractivity contribution in [2.75, 3.05) is 39.8 Å². The smallest absolute Gasteiger partial charge is 0.279 e. The zero-order chi connectivity index (χ0) is 12.2. The lowest BCUT2D eigenvalue weighted by Gasteiger charge is -2.29. The van der Waals surface area contributed by atoms with Gasteiger partial charge in [-0.1, -0.05) is 0 Å². The molecule has 1 saturated heterocycles. The summed E-state index contributed by atoms with van der Waals surface area (Å²) >= 11 is 0. The van der Waals surface area contributed by atoms with Crippen molar-refractivity contribution < 1.29 is 13.2 Å². The third kappa shape index (κ3) is 3.99. The minimum absolute atomic E-state index is 0.274. The van der Waals surface area contributed by atoms with Gasteiger partial charge in [0.05, 0.1) is 5.60 Å². The van der Waals surface area contributed by atoms with Gasteiger partial charge < -0.3 is 10.1 Å². The molecule has 0 radical (unpaired) electrons. The molecule has 1 heterocycles. The first-order valence-corrected chi connectivity index (χ1v) is 6.82. The summed E-state index contributed by atoms with van der Waals surface area (Å²) in [6.45, 7) is 6.39. The van der Waals surface area contributed by atoms with Gasteiger partial charge in [0.1, 0.15) is 0 Å². The Labute approximate surface area is 97.5 Å². The Bertz CT molecular complexity index is 310. The molecule has 0 bridgehead atoms. The van der Waals surface area contributed by atoms with E-state index in [9.17, 15) is 8.42 Å². The Morgan fingerprint density at radius 3 is 2.44 bits per heavy atom. The summed E-state index contributed by atoms with van der Waals surface area (Å²) in [4.78, 5) is 0. The molecule has 0 aromatic carbocycles. The largest absolute Gasteiger partial charge is 0.377 e. The van der Waals surface area contributed by atoms with Crippen LogP contribution in [0.5, 0.6) is 0 Å². The van der Waals surface area contributed by atoms with Crippen molar-refractivity contribution in [2.45, 2.75) is 19.4 Å². The lowest BCUT2D eigenvalue weighted by Crippen LogP contribution is -2.52. The first-order valence-electron chi connectivity index (χ1n) is 5.38. The Morgan fingerprint density at radius 1 is 1.38 bits per heavy atom. The summed E-state index contributed by atoms with van der Waals surface area (Å²) in [6, 6.07) is 0. The van der Waals surface area contributed by atoms with E-state index in [-0.39, 0.29) is 6.54 Å². The number of rotatable bonds is 5. The van der Waals surface area contributed by atoms with E-state index in [1.165, 1.54) is 4.31 Å². The summed E-state index contributed by atoms with van der Waals surface area (Å²) in [6.07, 6.45) is 0. The van der Waals surface area contributed by atoms with E-state index in [0.717, 1.165) is 0 Å². The van der Waals surface area contributed by atoms with Crippen molar-refractivity contribution in [3.63, 3.8) is 0 Å². The number of nitrogens with zero attached hydrogens (tertiary/aromatic N) is 1. The van der Waals surface area contributed by atoms with Gasteiger partial charge in [0.25, 0.3) is 10.2 Å². The van der Waals surface area contributed by atoms with Crippen molar-refractivity contribution in [2.24, 2.45) is 0 Å². The second-order valence-electron chi connectivity index (χ2n) is 4.44. The van der Waals surface area contributed by atoms with Crippen molar-refractivity contribution in [3.8, 4) is 0 Å². The molecule has 96 valence electrons. The topological polar surface area (TPSA) is 70.7 Å². The molecule has 7 heteroatoms. The monoisotopic (exact) mass is 251 g/mol. The molecule has 6 nitrogen and oxygen atoms in total. The second kappa shape index (κ2) is 5.42. The number of hydrogen-bond acceptors (Lipinski definition) is 4. The molecule has 1 rings (SSSR count). The Balaban J connectivity index is 2.51. The van der Waals surface area contributed by atoms with E-state index in [4.69, 9.17) is 4.74 Å². The average Bonchev–Trinajstić information content (AvgIpc) is 2.28. The maximum atomic E-state index is 11.9. The lowest BCUT2D eigenvalue weighted by atomic mass is 10.1. The molecule has 0 aromatic rings. The van der Waals surface area contributed by atoms with Crippen LogP contribution in [0.1, 0.15) is 13.8 Å². The van der Waals surface area contributed by atoms with Crippen molar-refractivity contribution >= 4 is 10.2 Å². The van der Waals surface area contributed by atoms with Crippen LogP contribution in [0, 0.1) is 0 Å². The molecule has 0 aliphatic carbocycles. The number of piperazine rings is 1. The van der Waals surface area contributed by atoms with E-state index < -0.39 is 15.8 Å². The molecule has 0 unspecified atom stereocenters. The molecule has 0 atom stereocenters. The quantitative estimate of drug-likeness (QED) is 0.668. The van der Waals surface area contributed by atoms with Crippen LogP contribution in [0.3, 0.4) is 0 Å². The Morgan fingerprint density at radius 2 is 1.94 bits per heavy atom. The van der Waals surface area contributed by atoms with Gasteiger partial charge in [0.15, 0.2) is 0 Å². The van der Waals surface area contributed by atoms with E-state index in [1.54, 1.807) is 7.11 Å². The van der Waals surface area contributed by atoms with Crippen LogP contribution in [0.25, 0.3) is 0 Å². The minimum atomic E-state index is -3.36. The summed E-state index contributed by atoms with van der Waals surface area (Å²) in [5.41, 5.74) is -0.485. The van der Waals surface area contributed by atoms with Gasteiger partial charge >= 0.3 is 0 Å². The molecule has 2 N–H and O–H groups in total. The van der Waals surface area contributed by atoms with Crippen LogP contribution in [0.2, 0.25) is 0 Å². The Kier molecular flexibility index (Phi) is 4.69. The van der Waals surface area contributed by atoms with Gasteiger partial charge in [-0.2, -0.15) is 17.4 Å². The highest BCUT2D eigenvalue weighted by Crippen LogP contribution is 2.07. The molecule has 1 aliphatic heterocycles. The summed E-state index contributed by atoms with van der Waals surface area (Å²) in [7, 11) is -1.79. The molecule has 1 aliphatic rings. The van der Waals surface area contributed by atoms with Crippen LogP contribution in [-0.4, -0.2) is 58.2 Å². The molecular formula is C9H21N3O3S. The van der Waals surface area contributed by atoms with Gasteiger partial charge in [-0.25, -0.2) is 0 Å². The molecule has 1 fully saturated rings. The number of hydrogen-bond donors (Lipinski definition) is 2. The van der Waals surface area contributed by atoms with Crippen molar-refractivity contribution in [3.05, 3.63) is 0 Å². The van der Waals surface area contributed by atoms with Crippen molar-refractivity contribution in [1.82, 2.24) is 14.3 Å². The van der Waals surface area contributed by atoms with Gasteiger partial charge in [-0.15, -0.1) is 0 Å². The molecule has 0 amide bonds. The van der Waals surface area contributed by atoms with Crippen LogP contribution in [0.4, 0.5) is 0 Å². The maximum Gasteiger partial charge on any atom is 0.279 e. The van der Waals surface area contributed by atoms with E-state index >= 15 is 0 Å². The lowest BCUT2D eigenvalue weighted by molar-refractivity contribution is 0.0273. The molecular weight excluding hydrogens is 230 g/mol. The normalized spacial score (nSPS) is 19.9. The van der Waals surface area contributed by atoms with Gasteiger partial charge in [0, 0.05) is 39.8 Å². The Hall–Kier alpha value is -0.210. The molecule has 0 spiro atoms. The molecule has 0 saturated carbocycles. The van der Waals surface area contributed by atoms with Gasteiger partial charge in [-0.3, -0.25) is 0 Å². The van der Waals surface area contributed by atoms with Gasteiger partial charge in [-0.05, 0) is 13.8 Å². The average molecular weight is 251 g/mol. The highest BCUT2D eigenvalue weighted by atomic mass is 32.2. The first kappa shape index (κ1) is 13.9. The van der Waals surface area contributed by atoms with Gasteiger partial charge in [0.2, 0.25) is 0 Å². The van der Waals surface area contributed by atoms with Crippen LogP contribution in [-0.2, 0) is 14.9 Å². The minimum Gasteiger partial charge on any atom is -0.377 e. The SMILES string of the molecule is COC(C)(C)CNS(=O)(=O)N1CCNCC1. The zero-order valence-electron chi connectivity index (χ0n) is 10.1. The highest BCUT2D eigenvalue weighted by molar-refractivity contribution is 7.87. The van der Waals surface area contributed by atoms with Crippen LogP contribution >= 0.6 is 0 Å². The van der Waals surface area contributed by atoms with E-state index in [1.807, 2.05) is 13.8 Å². The third-order valence-electron chi connectivity index (χ3n) is 2.65. The summed E-state index contributed by atoms with van der Waals surface area (Å²) in [5, 5.41) is 3.11. The van der Waals surface area contributed by atoms with E-state index in [2.05, 4.69) is 10.0 Å². The summed E-state index contributed by atoms with van der Waals surface area (Å²) < 4.78 is 32.9. The van der Waals surface area contributed by atoms with E-state index in [0.29, 0.717) is 26.2 Å². The summed E-state index contributed by atoms with van der Waals surface area (Å²) in [5.74, 6) is 0. The highest BCUT2D eigenvalue weighted by Gasteiger charge is 2.26. The molecule has 0 aromatic heterocycles. The van der Waals surface area contributed by atoms with Crippen molar-refractivity contribution in [1.29, 1.82) is 0 Å². The maximum absolute atomic E-state index is 11.9. The third-order valence-corrected chi connectivity index (χ3v) is 4.20. The number of ether oxygens (including phenoxy) is 1. The fourth-order valence-corrected chi connectivity index (χ4v) is 2.69.